The van der Waals surface area contributed by atoms with Crippen molar-refractivity contribution in [3.05, 3.63) is 201 Å². The van der Waals surface area contributed by atoms with Gasteiger partial charge in [0.15, 0.2) is 0 Å². The molecule has 0 saturated heterocycles. The van der Waals surface area contributed by atoms with E-state index >= 15 is 0 Å². The van der Waals surface area contributed by atoms with Gasteiger partial charge in [-0.25, -0.2) is 4.52 Å². The fraction of sp³-hybridized carbons (Fsp3) is 0. The van der Waals surface area contributed by atoms with E-state index in [1.165, 1.54) is 16.7 Å². The molecule has 0 saturated carbocycles. The molecule has 0 aliphatic rings. The van der Waals surface area contributed by atoms with Gasteiger partial charge in [-0.2, -0.15) is 5.10 Å². The van der Waals surface area contributed by atoms with Crippen LogP contribution in [0.5, 0.6) is 0 Å². The average Bonchev–Trinajstić information content (AvgIpc) is 3.94. The second-order valence-electron chi connectivity index (χ2n) is 13.4. The highest BCUT2D eigenvalue weighted by molar-refractivity contribution is 6.11. The average molecular weight is 692 g/mol. The summed E-state index contributed by atoms with van der Waals surface area (Å²) in [6.45, 7) is 0. The number of hydrogen-bond donors (Lipinski definition) is 0. The van der Waals surface area contributed by atoms with Crippen LogP contribution >= 0.6 is 0 Å². The van der Waals surface area contributed by atoms with Crippen LogP contribution in [-0.2, 0) is 0 Å². The smallest absolute Gasteiger partial charge is 0.134 e. The van der Waals surface area contributed by atoms with Gasteiger partial charge in [-0.15, -0.1) is 0 Å². The topological polar surface area (TPSA) is 43.3 Å². The third-order valence-corrected chi connectivity index (χ3v) is 10.2. The summed E-state index contributed by atoms with van der Waals surface area (Å²) in [6, 6.07) is 65.9. The number of furan rings is 1. The second kappa shape index (κ2) is 13.4. The predicted octanol–water partition coefficient (Wildman–Crippen LogP) is 13.1. The van der Waals surface area contributed by atoms with Gasteiger partial charge in [0.2, 0.25) is 0 Å². The fourth-order valence-electron chi connectivity index (χ4n) is 7.58. The van der Waals surface area contributed by atoms with Gasteiger partial charge in [0.1, 0.15) is 11.5 Å². The van der Waals surface area contributed by atoms with Crippen LogP contribution in [-0.4, -0.2) is 14.6 Å². The van der Waals surface area contributed by atoms with E-state index in [1.807, 2.05) is 36.5 Å². The van der Waals surface area contributed by atoms with Crippen molar-refractivity contribution in [1.29, 1.82) is 0 Å². The molecule has 4 heterocycles. The molecule has 254 valence electrons. The first-order valence-corrected chi connectivity index (χ1v) is 18.1. The number of nitrogens with zero attached hydrogens (tertiary/aromatic N) is 3. The van der Waals surface area contributed by atoms with Crippen LogP contribution in [0.1, 0.15) is 0 Å². The Balaban J connectivity index is 1.23. The highest BCUT2D eigenvalue weighted by Gasteiger charge is 2.24. The van der Waals surface area contributed by atoms with Crippen LogP contribution in [0.15, 0.2) is 205 Å². The molecule has 0 radical (unpaired) electrons. The van der Waals surface area contributed by atoms with Crippen LogP contribution in [0.2, 0.25) is 0 Å². The molecule has 0 N–H and O–H groups in total. The Morgan fingerprint density at radius 3 is 1.74 bits per heavy atom. The van der Waals surface area contributed by atoms with Crippen LogP contribution < -0.4 is 0 Å². The van der Waals surface area contributed by atoms with Crippen LogP contribution in [0.3, 0.4) is 0 Å². The summed E-state index contributed by atoms with van der Waals surface area (Å²) in [5.74, 6) is 0.824. The van der Waals surface area contributed by atoms with Crippen LogP contribution in [0.4, 0.5) is 0 Å². The van der Waals surface area contributed by atoms with Gasteiger partial charge in [-0.05, 0) is 87.3 Å². The molecule has 0 fully saturated rings. The predicted molar refractivity (Wildman–Crippen MR) is 221 cm³/mol. The summed E-state index contributed by atoms with van der Waals surface area (Å²) < 4.78 is 8.15. The van der Waals surface area contributed by atoms with E-state index in [0.29, 0.717) is 0 Å². The van der Waals surface area contributed by atoms with Gasteiger partial charge in [0.25, 0.3) is 0 Å². The summed E-state index contributed by atoms with van der Waals surface area (Å²) in [5.41, 5.74) is 14.8. The monoisotopic (exact) mass is 691 g/mol. The van der Waals surface area contributed by atoms with Crippen molar-refractivity contribution < 1.29 is 4.42 Å². The molecule has 0 spiro atoms. The first-order chi connectivity index (χ1) is 26.8. The van der Waals surface area contributed by atoms with E-state index < -0.39 is 0 Å². The quantitative estimate of drug-likeness (QED) is 0.167. The molecule has 4 heteroatoms. The number of hydrogen-bond acceptors (Lipinski definition) is 3. The Morgan fingerprint density at radius 1 is 0.444 bits per heavy atom. The Labute approximate surface area is 313 Å². The molecule has 0 bridgehead atoms. The largest absolute Gasteiger partial charge is 0.464 e. The Bertz CT molecular complexity index is 2880. The zero-order chi connectivity index (χ0) is 35.8. The lowest BCUT2D eigenvalue weighted by atomic mass is 9.92. The standard InChI is InChI=1S/C50H33N3O/c1-4-14-34(15-5-1)39-20-12-21-40(30-39)35-24-26-38(27-25-35)49-48(45-22-10-11-28-51-45)50-43-33-42(36-16-6-2-7-17-36)44(47-23-13-29-54-47)31-41(43)32-46(53(50)52-49)37-18-8-3-9-19-37/h1-33H. The van der Waals surface area contributed by atoms with Crippen molar-refractivity contribution in [3.8, 4) is 78.5 Å². The Kier molecular flexibility index (Phi) is 7.77. The molecule has 54 heavy (non-hydrogen) atoms. The fourth-order valence-corrected chi connectivity index (χ4v) is 7.58. The number of rotatable bonds is 7. The van der Waals surface area contributed by atoms with Crippen LogP contribution in [0, 0.1) is 0 Å². The molecular weight excluding hydrogens is 659 g/mol. The molecule has 6 aromatic carbocycles. The van der Waals surface area contributed by atoms with E-state index in [0.717, 1.165) is 78.1 Å². The maximum Gasteiger partial charge on any atom is 0.134 e. The lowest BCUT2D eigenvalue weighted by molar-refractivity contribution is 0.582. The minimum atomic E-state index is 0.824. The molecule has 4 nitrogen and oxygen atoms in total. The van der Waals surface area contributed by atoms with Crippen molar-refractivity contribution in [2.75, 3.05) is 0 Å². The molecule has 0 atom stereocenters. The van der Waals surface area contributed by atoms with Crippen molar-refractivity contribution in [3.63, 3.8) is 0 Å². The SMILES string of the molecule is c1ccc(-c2cccc(-c3ccc(-c4nn5c(-c6ccccc6)cc6cc(-c7ccco7)c(-c7ccccc7)cc6c5c4-c4ccccn4)cc3)c2)cc1. The zero-order valence-corrected chi connectivity index (χ0v) is 29.3. The number of fused-ring (bicyclic) bond motifs is 3. The zero-order valence-electron chi connectivity index (χ0n) is 29.3. The molecule has 0 aliphatic heterocycles. The highest BCUT2D eigenvalue weighted by atomic mass is 16.3. The van der Waals surface area contributed by atoms with Crippen molar-refractivity contribution in [2.45, 2.75) is 0 Å². The second-order valence-corrected chi connectivity index (χ2v) is 13.4. The lowest BCUT2D eigenvalue weighted by Gasteiger charge is -2.15. The first kappa shape index (κ1) is 31.4. The molecule has 0 aliphatic carbocycles. The van der Waals surface area contributed by atoms with E-state index in [-0.39, 0.29) is 0 Å². The van der Waals surface area contributed by atoms with Gasteiger partial charge >= 0.3 is 0 Å². The van der Waals surface area contributed by atoms with Crippen molar-refractivity contribution in [1.82, 2.24) is 14.6 Å². The minimum Gasteiger partial charge on any atom is -0.464 e. The summed E-state index contributed by atoms with van der Waals surface area (Å²) >= 11 is 0. The van der Waals surface area contributed by atoms with E-state index in [2.05, 4.69) is 162 Å². The van der Waals surface area contributed by atoms with E-state index in [4.69, 9.17) is 14.5 Å². The minimum absolute atomic E-state index is 0.824. The number of pyridine rings is 2. The van der Waals surface area contributed by atoms with Gasteiger partial charge < -0.3 is 4.42 Å². The highest BCUT2D eigenvalue weighted by Crippen LogP contribution is 2.44. The molecule has 0 amide bonds. The van der Waals surface area contributed by atoms with Gasteiger partial charge in [-0.3, -0.25) is 4.98 Å². The van der Waals surface area contributed by atoms with Gasteiger partial charge in [-0.1, -0.05) is 140 Å². The maximum atomic E-state index is 6.03. The van der Waals surface area contributed by atoms with Crippen LogP contribution in [0.25, 0.3) is 94.8 Å². The van der Waals surface area contributed by atoms with E-state index in [9.17, 15) is 0 Å². The molecular formula is C50H33N3O. The Morgan fingerprint density at radius 2 is 1.07 bits per heavy atom. The third kappa shape index (κ3) is 5.58. The third-order valence-electron chi connectivity index (χ3n) is 10.2. The summed E-state index contributed by atoms with van der Waals surface area (Å²) in [4.78, 5) is 4.94. The molecule has 10 rings (SSSR count). The summed E-state index contributed by atoms with van der Waals surface area (Å²) in [5, 5.41) is 7.64. The molecule has 0 unspecified atom stereocenters. The molecule has 4 aromatic heterocycles. The normalized spacial score (nSPS) is 11.3. The van der Waals surface area contributed by atoms with E-state index in [1.54, 1.807) is 6.26 Å². The Hall–Kier alpha value is -7.30. The molecule has 10 aromatic rings. The van der Waals surface area contributed by atoms with Gasteiger partial charge in [0.05, 0.1) is 28.7 Å². The number of benzene rings is 6. The number of aromatic nitrogens is 3. The van der Waals surface area contributed by atoms with Gasteiger partial charge in [0, 0.05) is 28.3 Å². The first-order valence-electron chi connectivity index (χ1n) is 18.1. The van der Waals surface area contributed by atoms with Crippen molar-refractivity contribution >= 4 is 16.3 Å². The lowest BCUT2D eigenvalue weighted by Crippen LogP contribution is -1.97. The van der Waals surface area contributed by atoms with Crippen molar-refractivity contribution in [2.24, 2.45) is 0 Å². The maximum absolute atomic E-state index is 6.03. The summed E-state index contributed by atoms with van der Waals surface area (Å²) in [7, 11) is 0. The summed E-state index contributed by atoms with van der Waals surface area (Å²) in [6.07, 6.45) is 3.60.